The second-order valence-corrected chi connectivity index (χ2v) is 4.72. The number of alkyl halides is 1. The number of halogens is 1. The van der Waals surface area contributed by atoms with Crippen LogP contribution in [0.3, 0.4) is 0 Å². The molecule has 1 fully saturated rings. The lowest BCUT2D eigenvalue weighted by atomic mass is 9.71. The molecule has 0 amide bonds. The fraction of sp³-hybridized carbons (Fsp3) is 0.385. The first-order valence-corrected chi connectivity index (χ1v) is 6.33. The summed E-state index contributed by atoms with van der Waals surface area (Å²) in [5.74, 6) is 2.69. The summed E-state index contributed by atoms with van der Waals surface area (Å²) in [4.78, 5) is 4.27. The fourth-order valence-corrected chi connectivity index (χ4v) is 2.42. The van der Waals surface area contributed by atoms with Gasteiger partial charge in [-0.3, -0.25) is 0 Å². The zero-order chi connectivity index (χ0) is 11.7. The van der Waals surface area contributed by atoms with Crippen LogP contribution in [0.2, 0.25) is 0 Å². The SMILES string of the molecule is ClCc1nc(C2CC(c3ccccc3)C2)no1. The molecule has 2 aromatic rings. The van der Waals surface area contributed by atoms with Gasteiger partial charge in [0.15, 0.2) is 5.82 Å². The smallest absolute Gasteiger partial charge is 0.241 e. The number of hydrogen-bond donors (Lipinski definition) is 0. The highest BCUT2D eigenvalue weighted by Crippen LogP contribution is 2.46. The van der Waals surface area contributed by atoms with Crippen LogP contribution in [-0.4, -0.2) is 10.1 Å². The fourth-order valence-electron chi connectivity index (χ4n) is 2.31. The highest BCUT2D eigenvalue weighted by atomic mass is 35.5. The first-order valence-electron chi connectivity index (χ1n) is 5.80. The van der Waals surface area contributed by atoms with Crippen LogP contribution in [0.25, 0.3) is 0 Å². The van der Waals surface area contributed by atoms with Gasteiger partial charge in [0.05, 0.1) is 0 Å². The van der Waals surface area contributed by atoms with Crippen molar-refractivity contribution in [1.29, 1.82) is 0 Å². The van der Waals surface area contributed by atoms with Gasteiger partial charge in [-0.2, -0.15) is 4.98 Å². The molecule has 0 radical (unpaired) electrons. The first-order chi connectivity index (χ1) is 8.36. The van der Waals surface area contributed by atoms with E-state index in [1.165, 1.54) is 5.56 Å². The average molecular weight is 249 g/mol. The van der Waals surface area contributed by atoms with Gasteiger partial charge in [0.2, 0.25) is 5.89 Å². The first kappa shape index (κ1) is 10.8. The summed E-state index contributed by atoms with van der Waals surface area (Å²) < 4.78 is 5.02. The Hall–Kier alpha value is -1.35. The van der Waals surface area contributed by atoms with Crippen molar-refractivity contribution in [2.45, 2.75) is 30.6 Å². The van der Waals surface area contributed by atoms with Gasteiger partial charge in [-0.25, -0.2) is 0 Å². The molecule has 1 saturated carbocycles. The summed E-state index contributed by atoms with van der Waals surface area (Å²) in [6, 6.07) is 10.6. The molecule has 0 atom stereocenters. The maximum atomic E-state index is 5.63. The van der Waals surface area contributed by atoms with Gasteiger partial charge in [0.25, 0.3) is 0 Å². The van der Waals surface area contributed by atoms with E-state index in [0.717, 1.165) is 18.7 Å². The monoisotopic (exact) mass is 248 g/mol. The van der Waals surface area contributed by atoms with Crippen molar-refractivity contribution in [3.05, 3.63) is 47.6 Å². The minimum atomic E-state index is 0.293. The van der Waals surface area contributed by atoms with Gasteiger partial charge in [-0.15, -0.1) is 11.6 Å². The second-order valence-electron chi connectivity index (χ2n) is 4.46. The normalized spacial score (nSPS) is 23.4. The Morgan fingerprint density at radius 1 is 1.18 bits per heavy atom. The van der Waals surface area contributed by atoms with E-state index < -0.39 is 0 Å². The van der Waals surface area contributed by atoms with Gasteiger partial charge in [-0.05, 0) is 24.3 Å². The van der Waals surface area contributed by atoms with Gasteiger partial charge in [-0.1, -0.05) is 35.5 Å². The van der Waals surface area contributed by atoms with Crippen molar-refractivity contribution >= 4 is 11.6 Å². The Kier molecular flexibility index (Phi) is 2.85. The summed E-state index contributed by atoms with van der Waals surface area (Å²) in [5, 5.41) is 3.97. The third-order valence-electron chi connectivity index (χ3n) is 3.37. The third kappa shape index (κ3) is 2.07. The van der Waals surface area contributed by atoms with Gasteiger partial charge in [0.1, 0.15) is 5.88 Å². The maximum absolute atomic E-state index is 5.63. The summed E-state index contributed by atoms with van der Waals surface area (Å²) in [5.41, 5.74) is 1.41. The number of benzene rings is 1. The van der Waals surface area contributed by atoms with Crippen molar-refractivity contribution in [2.75, 3.05) is 0 Å². The molecule has 1 aromatic carbocycles. The molecular weight excluding hydrogens is 236 g/mol. The van der Waals surface area contributed by atoms with Crippen LogP contribution in [-0.2, 0) is 5.88 Å². The molecule has 0 bridgehead atoms. The summed E-state index contributed by atoms with van der Waals surface area (Å²) in [6.45, 7) is 0. The zero-order valence-corrected chi connectivity index (χ0v) is 10.1. The zero-order valence-electron chi connectivity index (χ0n) is 9.34. The summed E-state index contributed by atoms with van der Waals surface area (Å²) in [7, 11) is 0. The quantitative estimate of drug-likeness (QED) is 0.781. The van der Waals surface area contributed by atoms with E-state index in [4.69, 9.17) is 16.1 Å². The lowest BCUT2D eigenvalue weighted by molar-refractivity contribution is 0.318. The van der Waals surface area contributed by atoms with Gasteiger partial charge < -0.3 is 4.52 Å². The Balaban J connectivity index is 1.65. The van der Waals surface area contributed by atoms with Gasteiger partial charge in [0, 0.05) is 5.92 Å². The number of aromatic nitrogens is 2. The van der Waals surface area contributed by atoms with Crippen molar-refractivity contribution < 1.29 is 4.52 Å². The molecule has 0 unspecified atom stereocenters. The van der Waals surface area contributed by atoms with Crippen LogP contribution in [0.15, 0.2) is 34.9 Å². The van der Waals surface area contributed by atoms with Crippen LogP contribution in [0, 0.1) is 0 Å². The van der Waals surface area contributed by atoms with E-state index in [0.29, 0.717) is 23.6 Å². The van der Waals surface area contributed by atoms with Crippen molar-refractivity contribution in [3.63, 3.8) is 0 Å². The lowest BCUT2D eigenvalue weighted by Gasteiger charge is -2.33. The van der Waals surface area contributed by atoms with Crippen LogP contribution in [0.1, 0.15) is 42.0 Å². The maximum Gasteiger partial charge on any atom is 0.241 e. The number of rotatable bonds is 3. The van der Waals surface area contributed by atoms with Gasteiger partial charge >= 0.3 is 0 Å². The lowest BCUT2D eigenvalue weighted by Crippen LogP contribution is -2.21. The van der Waals surface area contributed by atoms with Crippen LogP contribution < -0.4 is 0 Å². The Morgan fingerprint density at radius 2 is 1.94 bits per heavy atom. The van der Waals surface area contributed by atoms with E-state index in [2.05, 4.69) is 34.4 Å². The topological polar surface area (TPSA) is 38.9 Å². The Bertz CT molecular complexity index is 491. The van der Waals surface area contributed by atoms with E-state index in [-0.39, 0.29) is 0 Å². The van der Waals surface area contributed by atoms with E-state index >= 15 is 0 Å². The summed E-state index contributed by atoms with van der Waals surface area (Å²) in [6.07, 6.45) is 2.20. The highest BCUT2D eigenvalue weighted by Gasteiger charge is 2.34. The van der Waals surface area contributed by atoms with Crippen molar-refractivity contribution in [1.82, 2.24) is 10.1 Å². The Labute approximate surface area is 105 Å². The molecular formula is C13H13ClN2O. The predicted octanol–water partition coefficient (Wildman–Crippen LogP) is 3.47. The molecule has 0 N–H and O–H groups in total. The van der Waals surface area contributed by atoms with E-state index in [9.17, 15) is 0 Å². The molecule has 1 heterocycles. The molecule has 1 aliphatic carbocycles. The molecule has 0 spiro atoms. The molecule has 17 heavy (non-hydrogen) atoms. The standard InChI is InChI=1S/C13H13ClN2O/c14-8-12-15-13(16-17-12)11-6-10(7-11)9-4-2-1-3-5-9/h1-5,10-11H,6-8H2. The molecule has 0 saturated heterocycles. The van der Waals surface area contributed by atoms with Crippen molar-refractivity contribution in [2.24, 2.45) is 0 Å². The minimum Gasteiger partial charge on any atom is -0.338 e. The second kappa shape index (κ2) is 4.49. The molecule has 3 rings (SSSR count). The van der Waals surface area contributed by atoms with E-state index in [1.54, 1.807) is 0 Å². The Morgan fingerprint density at radius 3 is 2.59 bits per heavy atom. The number of nitrogens with zero attached hydrogens (tertiary/aromatic N) is 2. The summed E-state index contributed by atoms with van der Waals surface area (Å²) >= 11 is 5.63. The molecule has 1 aromatic heterocycles. The number of hydrogen-bond acceptors (Lipinski definition) is 3. The predicted molar refractivity (Wildman–Crippen MR) is 65.0 cm³/mol. The van der Waals surface area contributed by atoms with Crippen LogP contribution in [0.5, 0.6) is 0 Å². The largest absolute Gasteiger partial charge is 0.338 e. The van der Waals surface area contributed by atoms with Crippen LogP contribution >= 0.6 is 11.6 Å². The molecule has 3 nitrogen and oxygen atoms in total. The molecule has 88 valence electrons. The molecule has 0 aliphatic heterocycles. The van der Waals surface area contributed by atoms with Crippen LogP contribution in [0.4, 0.5) is 0 Å². The highest BCUT2D eigenvalue weighted by molar-refractivity contribution is 6.16. The van der Waals surface area contributed by atoms with E-state index in [1.807, 2.05) is 6.07 Å². The molecule has 4 heteroatoms. The third-order valence-corrected chi connectivity index (χ3v) is 3.60. The molecule has 1 aliphatic rings. The van der Waals surface area contributed by atoms with Crippen molar-refractivity contribution in [3.8, 4) is 0 Å². The minimum absolute atomic E-state index is 0.293. The average Bonchev–Trinajstić information content (AvgIpc) is 2.77.